The Morgan fingerprint density at radius 1 is 1.26 bits per heavy atom. The Hall–Kier alpha value is -2.42. The van der Waals surface area contributed by atoms with E-state index in [1.807, 2.05) is 39.8 Å². The van der Waals surface area contributed by atoms with Crippen LogP contribution in [0.5, 0.6) is 0 Å². The number of aryl methyl sites for hydroxylation is 2. The van der Waals surface area contributed by atoms with Gasteiger partial charge in [0.15, 0.2) is 0 Å². The molecule has 146 valence electrons. The second kappa shape index (κ2) is 9.50. The van der Waals surface area contributed by atoms with Gasteiger partial charge in [0.25, 0.3) is 0 Å². The summed E-state index contributed by atoms with van der Waals surface area (Å²) in [6, 6.07) is 5.35. The first-order chi connectivity index (χ1) is 12.8. The number of nitrogens with zero attached hydrogens (tertiary/aromatic N) is 4. The minimum Gasteiger partial charge on any atom is -0.467 e. The highest BCUT2D eigenvalue weighted by atomic mass is 32.2. The molecule has 0 spiro atoms. The summed E-state index contributed by atoms with van der Waals surface area (Å²) in [5.74, 6) is -0.643. The molecule has 2 aromatic rings. The number of tetrazole rings is 1. The van der Waals surface area contributed by atoms with E-state index in [4.69, 9.17) is 4.74 Å². The van der Waals surface area contributed by atoms with Crippen LogP contribution >= 0.6 is 11.8 Å². The van der Waals surface area contributed by atoms with Crippen LogP contribution in [0, 0.1) is 19.8 Å². The Labute approximate surface area is 163 Å². The van der Waals surface area contributed by atoms with Crippen molar-refractivity contribution in [1.29, 1.82) is 0 Å². The van der Waals surface area contributed by atoms with E-state index >= 15 is 0 Å². The van der Waals surface area contributed by atoms with E-state index in [1.165, 1.54) is 18.9 Å². The van der Waals surface area contributed by atoms with Gasteiger partial charge in [0, 0.05) is 0 Å². The highest BCUT2D eigenvalue weighted by Crippen LogP contribution is 2.20. The molecule has 0 fully saturated rings. The van der Waals surface area contributed by atoms with Crippen molar-refractivity contribution < 1.29 is 14.3 Å². The van der Waals surface area contributed by atoms with Gasteiger partial charge in [-0.05, 0) is 53.5 Å². The second-order valence-corrected chi connectivity index (χ2v) is 7.40. The summed E-state index contributed by atoms with van der Waals surface area (Å²) < 4.78 is 6.39. The van der Waals surface area contributed by atoms with Crippen molar-refractivity contribution in [1.82, 2.24) is 25.5 Å². The number of carbonyl (C=O) groups is 2. The van der Waals surface area contributed by atoms with Gasteiger partial charge in [0.05, 0.1) is 18.6 Å². The monoisotopic (exact) mass is 391 g/mol. The van der Waals surface area contributed by atoms with Gasteiger partial charge in [-0.15, -0.1) is 5.10 Å². The van der Waals surface area contributed by atoms with Crippen molar-refractivity contribution in [2.45, 2.75) is 45.3 Å². The van der Waals surface area contributed by atoms with Gasteiger partial charge in [-0.2, -0.15) is 4.68 Å². The van der Waals surface area contributed by atoms with Gasteiger partial charge in [-0.1, -0.05) is 38.1 Å². The van der Waals surface area contributed by atoms with Crippen molar-refractivity contribution in [3.8, 4) is 5.69 Å². The molecule has 2 atom stereocenters. The fourth-order valence-corrected chi connectivity index (χ4v) is 3.35. The number of nitrogens with one attached hydrogen (secondary N) is 1. The van der Waals surface area contributed by atoms with E-state index in [0.717, 1.165) is 23.2 Å². The highest BCUT2D eigenvalue weighted by molar-refractivity contribution is 7.99. The Morgan fingerprint density at radius 2 is 1.93 bits per heavy atom. The number of esters is 1. The van der Waals surface area contributed by atoms with Crippen molar-refractivity contribution >= 4 is 23.6 Å². The first-order valence-electron chi connectivity index (χ1n) is 8.72. The lowest BCUT2D eigenvalue weighted by atomic mass is 9.99. The molecule has 1 amide bonds. The van der Waals surface area contributed by atoms with Crippen molar-refractivity contribution in [2.75, 3.05) is 12.9 Å². The Balaban J connectivity index is 2.06. The predicted molar refractivity (Wildman–Crippen MR) is 103 cm³/mol. The first kappa shape index (κ1) is 20.9. The number of carbonyl (C=O) groups excluding carboxylic acids is 2. The molecule has 0 saturated carbocycles. The SMILES string of the molecule is CC[C@@H](C)[C@@H](NC(=O)CSc1nnnn1-c1cc(C)cc(C)c1)C(=O)OC. The quantitative estimate of drug-likeness (QED) is 0.543. The van der Waals surface area contributed by atoms with Crippen LogP contribution in [0.4, 0.5) is 0 Å². The number of amides is 1. The maximum Gasteiger partial charge on any atom is 0.328 e. The van der Waals surface area contributed by atoms with Crippen LogP contribution in [0.2, 0.25) is 0 Å². The molecule has 1 N–H and O–H groups in total. The van der Waals surface area contributed by atoms with E-state index in [9.17, 15) is 9.59 Å². The number of aromatic nitrogens is 4. The standard InChI is InChI=1S/C18H25N5O3S/c1-6-13(4)16(17(25)26-5)19-15(24)10-27-18-20-21-22-23(18)14-8-11(2)7-12(3)9-14/h7-9,13,16H,6,10H2,1-5H3,(H,19,24)/t13-,16-/m1/s1. The molecular formula is C18H25N5O3S. The van der Waals surface area contributed by atoms with Crippen molar-refractivity contribution in [3.05, 3.63) is 29.3 Å². The number of hydrogen-bond acceptors (Lipinski definition) is 7. The topological polar surface area (TPSA) is 99.0 Å². The molecule has 0 saturated heterocycles. The minimum absolute atomic E-state index is 0.0213. The van der Waals surface area contributed by atoms with Gasteiger partial charge in [-0.3, -0.25) is 4.79 Å². The fraction of sp³-hybridized carbons (Fsp3) is 0.500. The average Bonchev–Trinajstić information content (AvgIpc) is 3.11. The van der Waals surface area contributed by atoms with Crippen LogP contribution in [-0.4, -0.2) is 51.0 Å². The zero-order valence-electron chi connectivity index (χ0n) is 16.2. The van der Waals surface area contributed by atoms with E-state index in [-0.39, 0.29) is 17.6 Å². The number of methoxy groups -OCH3 is 1. The molecule has 0 aliphatic heterocycles. The van der Waals surface area contributed by atoms with Gasteiger partial charge in [0.1, 0.15) is 6.04 Å². The van der Waals surface area contributed by atoms with E-state index in [1.54, 1.807) is 4.68 Å². The number of rotatable bonds is 8. The fourth-order valence-electron chi connectivity index (χ4n) is 2.65. The zero-order chi connectivity index (χ0) is 20.0. The summed E-state index contributed by atoms with van der Waals surface area (Å²) in [5, 5.41) is 15.0. The highest BCUT2D eigenvalue weighted by Gasteiger charge is 2.26. The lowest BCUT2D eigenvalue weighted by Crippen LogP contribution is -2.46. The Morgan fingerprint density at radius 3 is 2.52 bits per heavy atom. The molecule has 2 rings (SSSR count). The largest absolute Gasteiger partial charge is 0.467 e. The van der Waals surface area contributed by atoms with Gasteiger partial charge in [0.2, 0.25) is 11.1 Å². The number of benzene rings is 1. The molecule has 27 heavy (non-hydrogen) atoms. The molecule has 0 unspecified atom stereocenters. The Kier molecular flexibility index (Phi) is 7.35. The molecule has 0 bridgehead atoms. The third kappa shape index (κ3) is 5.53. The van der Waals surface area contributed by atoms with Crippen LogP contribution < -0.4 is 5.32 Å². The summed E-state index contributed by atoms with van der Waals surface area (Å²) in [5.41, 5.74) is 3.04. The second-order valence-electron chi connectivity index (χ2n) is 6.46. The molecule has 1 aromatic heterocycles. The van der Waals surface area contributed by atoms with Crippen molar-refractivity contribution in [3.63, 3.8) is 0 Å². The van der Waals surface area contributed by atoms with Crippen LogP contribution in [0.1, 0.15) is 31.4 Å². The lowest BCUT2D eigenvalue weighted by molar-refractivity contribution is -0.146. The average molecular weight is 391 g/mol. The van der Waals surface area contributed by atoms with Crippen LogP contribution in [0.3, 0.4) is 0 Å². The maximum absolute atomic E-state index is 12.3. The summed E-state index contributed by atoms with van der Waals surface area (Å²) >= 11 is 1.21. The first-order valence-corrected chi connectivity index (χ1v) is 9.71. The number of thioether (sulfide) groups is 1. The summed E-state index contributed by atoms with van der Waals surface area (Å²) in [7, 11) is 1.32. The normalized spacial score (nSPS) is 13.1. The third-order valence-electron chi connectivity index (χ3n) is 4.21. The number of ether oxygens (including phenoxy) is 1. The summed E-state index contributed by atoms with van der Waals surface area (Å²) in [4.78, 5) is 24.2. The molecule has 0 aliphatic carbocycles. The summed E-state index contributed by atoms with van der Waals surface area (Å²) in [6.45, 7) is 7.86. The van der Waals surface area contributed by atoms with Crippen LogP contribution in [0.15, 0.2) is 23.4 Å². The molecule has 0 radical (unpaired) electrons. The lowest BCUT2D eigenvalue weighted by Gasteiger charge is -2.21. The summed E-state index contributed by atoms with van der Waals surface area (Å²) in [6.07, 6.45) is 0.748. The molecule has 1 heterocycles. The third-order valence-corrected chi connectivity index (χ3v) is 5.13. The smallest absolute Gasteiger partial charge is 0.328 e. The van der Waals surface area contributed by atoms with Gasteiger partial charge in [-0.25, -0.2) is 4.79 Å². The van der Waals surface area contributed by atoms with Crippen molar-refractivity contribution in [2.24, 2.45) is 5.92 Å². The van der Waals surface area contributed by atoms with Gasteiger partial charge < -0.3 is 10.1 Å². The predicted octanol–water partition coefficient (Wildman–Crippen LogP) is 2.08. The molecule has 8 nitrogen and oxygen atoms in total. The van der Waals surface area contributed by atoms with E-state index in [0.29, 0.717) is 5.16 Å². The van der Waals surface area contributed by atoms with Crippen LogP contribution in [0.25, 0.3) is 5.69 Å². The zero-order valence-corrected chi connectivity index (χ0v) is 17.0. The van der Waals surface area contributed by atoms with E-state index < -0.39 is 12.0 Å². The molecule has 9 heteroatoms. The van der Waals surface area contributed by atoms with Gasteiger partial charge >= 0.3 is 5.97 Å². The molecule has 1 aromatic carbocycles. The number of hydrogen-bond donors (Lipinski definition) is 1. The minimum atomic E-state index is -0.663. The molecular weight excluding hydrogens is 366 g/mol. The van der Waals surface area contributed by atoms with E-state index in [2.05, 4.69) is 26.9 Å². The maximum atomic E-state index is 12.3. The molecule has 0 aliphatic rings. The Bertz CT molecular complexity index is 788. The van der Waals surface area contributed by atoms with Crippen LogP contribution in [-0.2, 0) is 14.3 Å².